The second kappa shape index (κ2) is 5.42. The van der Waals surface area contributed by atoms with E-state index in [0.29, 0.717) is 12.6 Å². The highest BCUT2D eigenvalue weighted by molar-refractivity contribution is 5.32. The third-order valence-electron chi connectivity index (χ3n) is 3.23. The summed E-state index contributed by atoms with van der Waals surface area (Å²) in [6.45, 7) is 5.94. The molecule has 1 fully saturated rings. The zero-order valence-corrected chi connectivity index (χ0v) is 10.6. The lowest BCUT2D eigenvalue weighted by molar-refractivity contribution is 0.337. The quantitative estimate of drug-likeness (QED) is 0.807. The minimum Gasteiger partial charge on any atom is -0.337 e. The number of anilines is 1. The van der Waals surface area contributed by atoms with Crippen molar-refractivity contribution in [3.63, 3.8) is 0 Å². The van der Waals surface area contributed by atoms with Crippen LogP contribution in [-0.2, 0) is 6.54 Å². The monoisotopic (exact) mass is 235 g/mol. The van der Waals surface area contributed by atoms with Gasteiger partial charge in [0.05, 0.1) is 0 Å². The standard InChI is InChI=1S/C12H21N5/c1-10-9-16(2)4-3-5-17(10)12-14-7-11(6-13)8-15-12/h7-8,10H,3-6,9,13H2,1-2H3. The molecule has 1 atom stereocenters. The zero-order chi connectivity index (χ0) is 12.3. The molecule has 0 aromatic carbocycles. The van der Waals surface area contributed by atoms with Crippen LogP contribution in [0.1, 0.15) is 18.9 Å². The smallest absolute Gasteiger partial charge is 0.225 e. The summed E-state index contributed by atoms with van der Waals surface area (Å²) < 4.78 is 0. The van der Waals surface area contributed by atoms with Crippen LogP contribution in [-0.4, -0.2) is 47.6 Å². The summed E-state index contributed by atoms with van der Waals surface area (Å²) in [5.74, 6) is 0.824. The number of nitrogens with zero attached hydrogens (tertiary/aromatic N) is 4. The maximum absolute atomic E-state index is 5.55. The lowest BCUT2D eigenvalue weighted by Crippen LogP contribution is -2.38. The molecule has 1 saturated heterocycles. The first-order chi connectivity index (χ1) is 8.20. The summed E-state index contributed by atoms with van der Waals surface area (Å²) in [5, 5.41) is 0. The van der Waals surface area contributed by atoms with Gasteiger partial charge in [0, 0.05) is 43.6 Å². The average Bonchev–Trinajstić information content (AvgIpc) is 2.50. The van der Waals surface area contributed by atoms with Gasteiger partial charge in [0.1, 0.15) is 0 Å². The maximum atomic E-state index is 5.55. The highest BCUT2D eigenvalue weighted by atomic mass is 15.3. The first-order valence-corrected chi connectivity index (χ1v) is 6.17. The van der Waals surface area contributed by atoms with Crippen molar-refractivity contribution >= 4 is 5.95 Å². The molecular weight excluding hydrogens is 214 g/mol. The van der Waals surface area contributed by atoms with Crippen molar-refractivity contribution in [1.82, 2.24) is 14.9 Å². The Hall–Kier alpha value is -1.20. The predicted molar refractivity (Wildman–Crippen MR) is 68.8 cm³/mol. The summed E-state index contributed by atoms with van der Waals surface area (Å²) in [6, 6.07) is 0.450. The summed E-state index contributed by atoms with van der Waals surface area (Å²) in [4.78, 5) is 13.5. The Morgan fingerprint density at radius 2 is 2.06 bits per heavy atom. The SMILES string of the molecule is CC1CN(C)CCCN1c1ncc(CN)cn1. The van der Waals surface area contributed by atoms with E-state index in [2.05, 4.69) is 33.7 Å². The van der Waals surface area contributed by atoms with Crippen LogP contribution in [0.4, 0.5) is 5.95 Å². The summed E-state index contributed by atoms with van der Waals surface area (Å²) in [6.07, 6.45) is 4.80. The van der Waals surface area contributed by atoms with E-state index in [1.807, 2.05) is 12.4 Å². The number of hydrogen-bond acceptors (Lipinski definition) is 5. The molecule has 1 unspecified atom stereocenters. The molecule has 0 radical (unpaired) electrons. The first-order valence-electron chi connectivity index (χ1n) is 6.17. The van der Waals surface area contributed by atoms with Crippen molar-refractivity contribution in [3.8, 4) is 0 Å². The molecule has 0 aliphatic carbocycles. The van der Waals surface area contributed by atoms with E-state index in [1.54, 1.807) is 0 Å². The highest BCUT2D eigenvalue weighted by Gasteiger charge is 2.21. The van der Waals surface area contributed by atoms with E-state index in [9.17, 15) is 0 Å². The Kier molecular flexibility index (Phi) is 3.91. The van der Waals surface area contributed by atoms with Crippen LogP contribution in [0.3, 0.4) is 0 Å². The molecular formula is C12H21N5. The van der Waals surface area contributed by atoms with E-state index < -0.39 is 0 Å². The van der Waals surface area contributed by atoms with E-state index in [1.165, 1.54) is 0 Å². The van der Waals surface area contributed by atoms with Crippen LogP contribution in [0.25, 0.3) is 0 Å². The molecule has 5 nitrogen and oxygen atoms in total. The molecule has 0 amide bonds. The number of hydrogen-bond donors (Lipinski definition) is 1. The maximum Gasteiger partial charge on any atom is 0.225 e. The van der Waals surface area contributed by atoms with Crippen molar-refractivity contribution in [3.05, 3.63) is 18.0 Å². The Balaban J connectivity index is 2.13. The fourth-order valence-corrected chi connectivity index (χ4v) is 2.27. The predicted octanol–water partition coefficient (Wildman–Crippen LogP) is 0.466. The molecule has 2 N–H and O–H groups in total. The Morgan fingerprint density at radius 3 is 2.71 bits per heavy atom. The van der Waals surface area contributed by atoms with Gasteiger partial charge in [-0.05, 0) is 26.9 Å². The molecule has 2 heterocycles. The second-order valence-corrected chi connectivity index (χ2v) is 4.75. The van der Waals surface area contributed by atoms with Crippen LogP contribution in [0.2, 0.25) is 0 Å². The van der Waals surface area contributed by atoms with Gasteiger partial charge in [-0.1, -0.05) is 0 Å². The lowest BCUT2D eigenvalue weighted by atomic mass is 10.3. The molecule has 17 heavy (non-hydrogen) atoms. The largest absolute Gasteiger partial charge is 0.337 e. The number of rotatable bonds is 2. The number of nitrogens with two attached hydrogens (primary N) is 1. The summed E-state index contributed by atoms with van der Waals surface area (Å²) in [5.41, 5.74) is 6.53. The molecule has 1 aromatic rings. The van der Waals surface area contributed by atoms with Gasteiger partial charge in [-0.15, -0.1) is 0 Å². The van der Waals surface area contributed by atoms with Crippen LogP contribution in [0, 0.1) is 0 Å². The lowest BCUT2D eigenvalue weighted by Gasteiger charge is -2.27. The van der Waals surface area contributed by atoms with Crippen molar-refractivity contribution in [2.24, 2.45) is 5.73 Å². The number of likely N-dealkylation sites (N-methyl/N-ethyl adjacent to an activating group) is 1. The van der Waals surface area contributed by atoms with Crippen molar-refractivity contribution in [2.45, 2.75) is 25.9 Å². The molecule has 1 aliphatic rings. The molecule has 2 rings (SSSR count). The van der Waals surface area contributed by atoms with Gasteiger partial charge in [-0.25, -0.2) is 9.97 Å². The van der Waals surface area contributed by atoms with E-state index in [-0.39, 0.29) is 0 Å². The Labute approximate surface area is 103 Å². The molecule has 0 bridgehead atoms. The fourth-order valence-electron chi connectivity index (χ4n) is 2.27. The highest BCUT2D eigenvalue weighted by Crippen LogP contribution is 2.15. The minimum atomic E-state index is 0.450. The normalized spacial score (nSPS) is 22.5. The molecule has 1 aliphatic heterocycles. The van der Waals surface area contributed by atoms with Crippen molar-refractivity contribution in [2.75, 3.05) is 31.6 Å². The van der Waals surface area contributed by atoms with Gasteiger partial charge in [-0.2, -0.15) is 0 Å². The average molecular weight is 235 g/mol. The van der Waals surface area contributed by atoms with Gasteiger partial charge < -0.3 is 15.5 Å². The van der Waals surface area contributed by atoms with Crippen LogP contribution in [0.5, 0.6) is 0 Å². The first kappa shape index (κ1) is 12.3. The second-order valence-electron chi connectivity index (χ2n) is 4.75. The van der Waals surface area contributed by atoms with Gasteiger partial charge >= 0.3 is 0 Å². The van der Waals surface area contributed by atoms with E-state index >= 15 is 0 Å². The molecule has 5 heteroatoms. The molecule has 0 spiro atoms. The number of aromatic nitrogens is 2. The van der Waals surface area contributed by atoms with E-state index in [4.69, 9.17) is 5.73 Å². The van der Waals surface area contributed by atoms with Crippen LogP contribution < -0.4 is 10.6 Å². The van der Waals surface area contributed by atoms with Gasteiger partial charge in [-0.3, -0.25) is 0 Å². The molecule has 0 saturated carbocycles. The fraction of sp³-hybridized carbons (Fsp3) is 0.667. The molecule has 1 aromatic heterocycles. The summed E-state index contributed by atoms with van der Waals surface area (Å²) >= 11 is 0. The summed E-state index contributed by atoms with van der Waals surface area (Å²) in [7, 11) is 2.17. The third-order valence-corrected chi connectivity index (χ3v) is 3.23. The molecule has 94 valence electrons. The topological polar surface area (TPSA) is 58.3 Å². The van der Waals surface area contributed by atoms with Gasteiger partial charge in [0.15, 0.2) is 0 Å². The van der Waals surface area contributed by atoms with Gasteiger partial charge in [0.2, 0.25) is 5.95 Å². The zero-order valence-electron chi connectivity index (χ0n) is 10.6. The van der Waals surface area contributed by atoms with Crippen molar-refractivity contribution < 1.29 is 0 Å². The van der Waals surface area contributed by atoms with E-state index in [0.717, 1.165) is 37.6 Å². The van der Waals surface area contributed by atoms with Crippen LogP contribution >= 0.6 is 0 Å². The Bertz CT molecular complexity index is 350. The Morgan fingerprint density at radius 1 is 1.35 bits per heavy atom. The van der Waals surface area contributed by atoms with Crippen LogP contribution in [0.15, 0.2) is 12.4 Å². The van der Waals surface area contributed by atoms with Crippen molar-refractivity contribution in [1.29, 1.82) is 0 Å². The third kappa shape index (κ3) is 2.92. The van der Waals surface area contributed by atoms with Gasteiger partial charge in [0.25, 0.3) is 0 Å². The minimum absolute atomic E-state index is 0.450.